The van der Waals surface area contributed by atoms with Gasteiger partial charge in [0.05, 0.1) is 0 Å². The van der Waals surface area contributed by atoms with Crippen LogP contribution < -0.4 is 5.32 Å². The van der Waals surface area contributed by atoms with Gasteiger partial charge in [-0.2, -0.15) is 0 Å². The normalized spacial score (nSPS) is 16.0. The smallest absolute Gasteiger partial charge is 0.317 e. The largest absolute Gasteiger partial charge is 0.334 e. The Morgan fingerprint density at radius 2 is 2.26 bits per heavy atom. The van der Waals surface area contributed by atoms with Crippen LogP contribution in [0.1, 0.15) is 25.3 Å². The highest BCUT2D eigenvalue weighted by molar-refractivity contribution is 9.10. The molecule has 0 saturated heterocycles. The van der Waals surface area contributed by atoms with Crippen molar-refractivity contribution in [3.8, 4) is 0 Å². The lowest BCUT2D eigenvalue weighted by molar-refractivity contribution is 0.187. The second-order valence-electron chi connectivity index (χ2n) is 5.08. The van der Waals surface area contributed by atoms with Crippen molar-refractivity contribution < 1.29 is 9.18 Å². The molecule has 0 aliphatic heterocycles. The maximum Gasteiger partial charge on any atom is 0.317 e. The summed E-state index contributed by atoms with van der Waals surface area (Å²) in [5, 5.41) is 2.76. The quantitative estimate of drug-likeness (QED) is 0.900. The standard InChI is InChI=1S/C14H18BrFN2O/c1-9(10-3-4-10)18(2)14(19)17-8-11-7-12(15)5-6-13(11)16/h5-7,9-10H,3-4,8H2,1-2H3,(H,17,19). The molecule has 3 nitrogen and oxygen atoms in total. The summed E-state index contributed by atoms with van der Waals surface area (Å²) < 4.78 is 14.3. The molecule has 0 bridgehead atoms. The maximum absolute atomic E-state index is 13.5. The molecule has 1 aliphatic rings. The van der Waals surface area contributed by atoms with Gasteiger partial charge in [-0.15, -0.1) is 0 Å². The molecule has 2 rings (SSSR count). The fourth-order valence-electron chi connectivity index (χ4n) is 2.05. The number of carbonyl (C=O) groups excluding carboxylic acids is 1. The van der Waals surface area contributed by atoms with Gasteiger partial charge in [-0.25, -0.2) is 9.18 Å². The molecule has 0 aromatic heterocycles. The molecule has 1 aliphatic carbocycles. The van der Waals surface area contributed by atoms with Crippen molar-refractivity contribution in [3.63, 3.8) is 0 Å². The highest BCUT2D eigenvalue weighted by atomic mass is 79.9. The SMILES string of the molecule is CC(C1CC1)N(C)C(=O)NCc1cc(Br)ccc1F. The molecule has 1 N–H and O–H groups in total. The van der Waals surface area contributed by atoms with Crippen LogP contribution in [0.4, 0.5) is 9.18 Å². The van der Waals surface area contributed by atoms with Gasteiger partial charge in [0.25, 0.3) is 0 Å². The molecule has 1 aromatic rings. The number of hydrogen-bond acceptors (Lipinski definition) is 1. The Morgan fingerprint density at radius 1 is 1.58 bits per heavy atom. The molecule has 104 valence electrons. The average molecular weight is 329 g/mol. The zero-order valence-corrected chi connectivity index (χ0v) is 12.7. The third-order valence-electron chi connectivity index (χ3n) is 3.67. The Labute approximate surface area is 121 Å². The van der Waals surface area contributed by atoms with E-state index in [1.165, 1.54) is 18.9 Å². The number of nitrogens with one attached hydrogen (secondary N) is 1. The monoisotopic (exact) mass is 328 g/mol. The van der Waals surface area contributed by atoms with E-state index in [0.717, 1.165) is 4.47 Å². The number of amides is 2. The number of carbonyl (C=O) groups is 1. The molecular weight excluding hydrogens is 311 g/mol. The van der Waals surface area contributed by atoms with Crippen molar-refractivity contribution in [2.75, 3.05) is 7.05 Å². The van der Waals surface area contributed by atoms with Crippen molar-refractivity contribution in [2.24, 2.45) is 5.92 Å². The predicted octanol–water partition coefficient (Wildman–Crippen LogP) is 3.53. The van der Waals surface area contributed by atoms with Crippen LogP contribution in [-0.2, 0) is 6.54 Å². The Morgan fingerprint density at radius 3 is 2.89 bits per heavy atom. The van der Waals surface area contributed by atoms with Crippen LogP contribution in [0.15, 0.2) is 22.7 Å². The fraction of sp³-hybridized carbons (Fsp3) is 0.500. The zero-order chi connectivity index (χ0) is 14.0. The zero-order valence-electron chi connectivity index (χ0n) is 11.1. The first kappa shape index (κ1) is 14.3. The molecule has 1 unspecified atom stereocenters. The molecule has 0 radical (unpaired) electrons. The highest BCUT2D eigenvalue weighted by Crippen LogP contribution is 2.34. The highest BCUT2D eigenvalue weighted by Gasteiger charge is 2.32. The number of urea groups is 1. The number of halogens is 2. The maximum atomic E-state index is 13.5. The third kappa shape index (κ3) is 3.69. The van der Waals surface area contributed by atoms with Crippen molar-refractivity contribution in [1.82, 2.24) is 10.2 Å². The van der Waals surface area contributed by atoms with Crippen LogP contribution in [0.2, 0.25) is 0 Å². The first-order valence-corrected chi connectivity index (χ1v) is 7.23. The van der Waals surface area contributed by atoms with Crippen LogP contribution in [0, 0.1) is 11.7 Å². The topological polar surface area (TPSA) is 32.3 Å². The average Bonchev–Trinajstić information content (AvgIpc) is 3.22. The van der Waals surface area contributed by atoms with Crippen LogP contribution >= 0.6 is 15.9 Å². The van der Waals surface area contributed by atoms with Crippen LogP contribution in [-0.4, -0.2) is 24.0 Å². The summed E-state index contributed by atoms with van der Waals surface area (Å²) in [6.45, 7) is 2.25. The Kier molecular flexibility index (Phi) is 4.45. The first-order chi connectivity index (χ1) is 8.99. The molecular formula is C14H18BrFN2O. The second kappa shape index (κ2) is 5.90. The van der Waals surface area contributed by atoms with Gasteiger partial charge >= 0.3 is 6.03 Å². The second-order valence-corrected chi connectivity index (χ2v) is 6.00. The van der Waals surface area contributed by atoms with E-state index in [2.05, 4.69) is 28.2 Å². The van der Waals surface area contributed by atoms with Crippen LogP contribution in [0.3, 0.4) is 0 Å². The number of rotatable bonds is 4. The Hall–Kier alpha value is -1.10. The Balaban J connectivity index is 1.90. The van der Waals surface area contributed by atoms with Gasteiger partial charge in [-0.05, 0) is 43.9 Å². The van der Waals surface area contributed by atoms with Crippen molar-refractivity contribution in [2.45, 2.75) is 32.4 Å². The minimum Gasteiger partial charge on any atom is -0.334 e. The Bertz CT molecular complexity index is 477. The molecule has 0 heterocycles. The van der Waals surface area contributed by atoms with Crippen LogP contribution in [0.5, 0.6) is 0 Å². The molecule has 1 aromatic carbocycles. The molecule has 2 amide bonds. The van der Waals surface area contributed by atoms with E-state index in [9.17, 15) is 9.18 Å². The van der Waals surface area contributed by atoms with E-state index in [4.69, 9.17) is 0 Å². The van der Waals surface area contributed by atoms with E-state index >= 15 is 0 Å². The third-order valence-corrected chi connectivity index (χ3v) is 4.17. The van der Waals surface area contributed by atoms with Crippen LogP contribution in [0.25, 0.3) is 0 Å². The van der Waals surface area contributed by atoms with Gasteiger partial charge in [0.2, 0.25) is 0 Å². The van der Waals surface area contributed by atoms with Gasteiger partial charge in [-0.1, -0.05) is 15.9 Å². The predicted molar refractivity (Wildman–Crippen MR) is 76.3 cm³/mol. The summed E-state index contributed by atoms with van der Waals surface area (Å²) in [6, 6.07) is 4.80. The van der Waals surface area contributed by atoms with Gasteiger partial charge in [0.15, 0.2) is 0 Å². The summed E-state index contributed by atoms with van der Waals surface area (Å²) in [4.78, 5) is 13.7. The van der Waals surface area contributed by atoms with Gasteiger partial charge in [0.1, 0.15) is 5.82 Å². The lowest BCUT2D eigenvalue weighted by atomic mass is 10.2. The van der Waals surface area contributed by atoms with E-state index in [1.54, 1.807) is 24.1 Å². The molecule has 5 heteroatoms. The lowest BCUT2D eigenvalue weighted by Gasteiger charge is -2.25. The molecule has 19 heavy (non-hydrogen) atoms. The summed E-state index contributed by atoms with van der Waals surface area (Å²) in [6.07, 6.45) is 2.39. The van der Waals surface area contributed by atoms with E-state index < -0.39 is 0 Å². The molecule has 0 spiro atoms. The number of benzene rings is 1. The summed E-state index contributed by atoms with van der Waals surface area (Å²) in [5.41, 5.74) is 0.482. The van der Waals surface area contributed by atoms with Crippen molar-refractivity contribution in [3.05, 3.63) is 34.1 Å². The van der Waals surface area contributed by atoms with Gasteiger partial charge in [0, 0.05) is 29.7 Å². The summed E-state index contributed by atoms with van der Waals surface area (Å²) >= 11 is 3.29. The number of nitrogens with zero attached hydrogens (tertiary/aromatic N) is 1. The van der Waals surface area contributed by atoms with Crippen molar-refractivity contribution >= 4 is 22.0 Å². The van der Waals surface area contributed by atoms with Crippen molar-refractivity contribution in [1.29, 1.82) is 0 Å². The van der Waals surface area contributed by atoms with Gasteiger partial charge in [-0.3, -0.25) is 0 Å². The minimum atomic E-state index is -0.304. The minimum absolute atomic E-state index is 0.154. The summed E-state index contributed by atoms with van der Waals surface area (Å²) in [5.74, 6) is 0.319. The van der Waals surface area contributed by atoms with Gasteiger partial charge < -0.3 is 10.2 Å². The molecule has 1 atom stereocenters. The molecule has 1 saturated carbocycles. The number of hydrogen-bond donors (Lipinski definition) is 1. The van der Waals surface area contributed by atoms with E-state index in [0.29, 0.717) is 11.5 Å². The van der Waals surface area contributed by atoms with E-state index in [-0.39, 0.29) is 24.4 Å². The fourth-order valence-corrected chi connectivity index (χ4v) is 2.46. The lowest BCUT2D eigenvalue weighted by Crippen LogP contribution is -2.43. The van der Waals surface area contributed by atoms with E-state index in [1.807, 2.05) is 0 Å². The summed E-state index contributed by atoms with van der Waals surface area (Å²) in [7, 11) is 1.79. The molecule has 1 fully saturated rings. The first-order valence-electron chi connectivity index (χ1n) is 6.43.